The van der Waals surface area contributed by atoms with Gasteiger partial charge in [-0.25, -0.2) is 0 Å². The van der Waals surface area contributed by atoms with Gasteiger partial charge in [0.15, 0.2) is 0 Å². The molecule has 1 aromatic rings. The summed E-state index contributed by atoms with van der Waals surface area (Å²) < 4.78 is 1.14. The maximum Gasteiger partial charge on any atom is 0.0464 e. The Kier molecular flexibility index (Phi) is 6.43. The Morgan fingerprint density at radius 3 is 2.81 bits per heavy atom. The molecule has 0 spiro atoms. The Balaban J connectivity index is 2.59. The van der Waals surface area contributed by atoms with Crippen LogP contribution in [0.1, 0.15) is 12.5 Å². The van der Waals surface area contributed by atoms with Crippen LogP contribution in [0.3, 0.4) is 0 Å². The van der Waals surface area contributed by atoms with E-state index in [0.717, 1.165) is 16.8 Å². The van der Waals surface area contributed by atoms with E-state index in [9.17, 15) is 0 Å². The van der Waals surface area contributed by atoms with Crippen LogP contribution in [0.4, 0.5) is 0 Å². The Morgan fingerprint density at radius 2 is 2.25 bits per heavy atom. The summed E-state index contributed by atoms with van der Waals surface area (Å²) >= 11 is 5.35. The lowest BCUT2D eigenvalue weighted by atomic mass is 10.2. The third kappa shape index (κ3) is 4.45. The molecule has 0 bridgehead atoms. The molecule has 0 aliphatic rings. The first kappa shape index (κ1) is 14.0. The predicted molar refractivity (Wildman–Crippen MR) is 73.9 cm³/mol. The van der Waals surface area contributed by atoms with Crippen LogP contribution in [0.25, 0.3) is 0 Å². The average Bonchev–Trinajstić information content (AvgIpc) is 2.29. The summed E-state index contributed by atoms with van der Waals surface area (Å²) in [5, 5.41) is 12.1. The molecule has 0 saturated carbocycles. The van der Waals surface area contributed by atoms with Crippen molar-refractivity contribution >= 4 is 27.7 Å². The Morgan fingerprint density at radius 1 is 1.50 bits per heavy atom. The van der Waals surface area contributed by atoms with Crippen molar-refractivity contribution in [1.82, 2.24) is 5.32 Å². The van der Waals surface area contributed by atoms with Crippen LogP contribution >= 0.6 is 27.7 Å². The van der Waals surface area contributed by atoms with Gasteiger partial charge in [0.05, 0.1) is 0 Å². The van der Waals surface area contributed by atoms with Crippen LogP contribution in [0.5, 0.6) is 0 Å². The zero-order valence-electron chi connectivity index (χ0n) is 9.66. The smallest absolute Gasteiger partial charge is 0.0464 e. The molecule has 0 amide bonds. The van der Waals surface area contributed by atoms with E-state index in [4.69, 9.17) is 5.11 Å². The molecular formula is C12H18BrNOS. The van der Waals surface area contributed by atoms with Crippen LogP contribution < -0.4 is 5.32 Å². The molecule has 0 saturated heterocycles. The second-order valence-electron chi connectivity index (χ2n) is 3.88. The molecule has 0 radical (unpaired) electrons. The van der Waals surface area contributed by atoms with Crippen molar-refractivity contribution in [2.24, 2.45) is 5.92 Å². The summed E-state index contributed by atoms with van der Waals surface area (Å²) in [7, 11) is 1.94. The van der Waals surface area contributed by atoms with Crippen molar-refractivity contribution in [3.63, 3.8) is 0 Å². The monoisotopic (exact) mass is 303 g/mol. The molecule has 2 nitrogen and oxygen atoms in total. The van der Waals surface area contributed by atoms with Crippen LogP contribution in [0, 0.1) is 5.92 Å². The number of halogens is 1. The molecule has 1 aromatic carbocycles. The maximum absolute atomic E-state index is 8.95. The van der Waals surface area contributed by atoms with Crippen molar-refractivity contribution in [1.29, 1.82) is 0 Å². The van der Waals surface area contributed by atoms with Crippen LogP contribution in [-0.4, -0.2) is 24.5 Å². The second-order valence-corrected chi connectivity index (χ2v) is 5.83. The summed E-state index contributed by atoms with van der Waals surface area (Å²) in [6, 6.07) is 6.40. The quantitative estimate of drug-likeness (QED) is 0.793. The van der Waals surface area contributed by atoms with Gasteiger partial charge in [0.2, 0.25) is 0 Å². The Labute approximate surface area is 110 Å². The van der Waals surface area contributed by atoms with E-state index >= 15 is 0 Å². The van der Waals surface area contributed by atoms with Crippen molar-refractivity contribution in [3.8, 4) is 0 Å². The van der Waals surface area contributed by atoms with Gasteiger partial charge in [0.1, 0.15) is 0 Å². The highest BCUT2D eigenvalue weighted by molar-refractivity contribution is 9.10. The van der Waals surface area contributed by atoms with Gasteiger partial charge in [-0.2, -0.15) is 0 Å². The summed E-state index contributed by atoms with van der Waals surface area (Å²) in [5.74, 6) is 1.30. The molecular weight excluding hydrogens is 286 g/mol. The number of benzene rings is 1. The summed E-state index contributed by atoms with van der Waals surface area (Å²) in [6.45, 7) is 3.18. The number of aliphatic hydroxyl groups is 1. The van der Waals surface area contributed by atoms with Crippen LogP contribution in [-0.2, 0) is 6.54 Å². The standard InChI is InChI=1S/C12H18BrNOS/c1-9(7-15)8-16-11-4-3-10(6-14-2)12(13)5-11/h3-5,9,14-15H,6-8H2,1-2H3. The van der Waals surface area contributed by atoms with Crippen LogP contribution in [0.15, 0.2) is 27.6 Å². The first-order valence-electron chi connectivity index (χ1n) is 5.34. The van der Waals surface area contributed by atoms with E-state index in [0.29, 0.717) is 5.92 Å². The number of aliphatic hydroxyl groups excluding tert-OH is 1. The van der Waals surface area contributed by atoms with Crippen LogP contribution in [0.2, 0.25) is 0 Å². The van der Waals surface area contributed by atoms with Gasteiger partial charge in [0, 0.05) is 28.3 Å². The highest BCUT2D eigenvalue weighted by atomic mass is 79.9. The van der Waals surface area contributed by atoms with E-state index in [-0.39, 0.29) is 6.61 Å². The van der Waals surface area contributed by atoms with Gasteiger partial charge in [0.25, 0.3) is 0 Å². The van der Waals surface area contributed by atoms with E-state index in [1.165, 1.54) is 10.5 Å². The van der Waals surface area contributed by atoms with Gasteiger partial charge in [-0.05, 0) is 30.7 Å². The van der Waals surface area contributed by atoms with Crippen molar-refractivity contribution < 1.29 is 5.11 Å². The van der Waals surface area contributed by atoms with Crippen molar-refractivity contribution in [2.45, 2.75) is 18.4 Å². The molecule has 0 aromatic heterocycles. The SMILES string of the molecule is CNCc1ccc(SCC(C)CO)cc1Br. The zero-order valence-corrected chi connectivity index (χ0v) is 12.1. The molecule has 0 aliphatic carbocycles. The highest BCUT2D eigenvalue weighted by Gasteiger charge is 2.04. The van der Waals surface area contributed by atoms with Gasteiger partial charge >= 0.3 is 0 Å². The minimum Gasteiger partial charge on any atom is -0.396 e. The number of hydrogen-bond acceptors (Lipinski definition) is 3. The van der Waals surface area contributed by atoms with E-state index in [2.05, 4.69) is 46.4 Å². The topological polar surface area (TPSA) is 32.3 Å². The second kappa shape index (κ2) is 7.33. The van der Waals surface area contributed by atoms with Gasteiger partial charge in [-0.1, -0.05) is 28.9 Å². The fraction of sp³-hybridized carbons (Fsp3) is 0.500. The summed E-state index contributed by atoms with van der Waals surface area (Å²) in [6.07, 6.45) is 0. The van der Waals surface area contributed by atoms with E-state index in [1.54, 1.807) is 11.8 Å². The number of hydrogen-bond donors (Lipinski definition) is 2. The van der Waals surface area contributed by atoms with Crippen molar-refractivity contribution in [2.75, 3.05) is 19.4 Å². The fourth-order valence-electron chi connectivity index (χ4n) is 1.24. The highest BCUT2D eigenvalue weighted by Crippen LogP contribution is 2.26. The third-order valence-electron chi connectivity index (χ3n) is 2.24. The van der Waals surface area contributed by atoms with Crippen molar-refractivity contribution in [3.05, 3.63) is 28.2 Å². The Hall–Kier alpha value is -0.0300. The largest absolute Gasteiger partial charge is 0.396 e. The molecule has 0 fully saturated rings. The third-order valence-corrected chi connectivity index (χ3v) is 4.30. The average molecular weight is 304 g/mol. The molecule has 1 rings (SSSR count). The summed E-state index contributed by atoms with van der Waals surface area (Å²) in [5.41, 5.74) is 1.27. The Bertz CT molecular complexity index is 333. The fourth-order valence-corrected chi connectivity index (χ4v) is 2.86. The molecule has 0 heterocycles. The normalized spacial score (nSPS) is 12.8. The number of rotatable bonds is 6. The lowest BCUT2D eigenvalue weighted by Gasteiger charge is -2.09. The molecule has 2 N–H and O–H groups in total. The zero-order chi connectivity index (χ0) is 12.0. The lowest BCUT2D eigenvalue weighted by Crippen LogP contribution is -2.05. The molecule has 1 unspecified atom stereocenters. The van der Waals surface area contributed by atoms with Gasteiger partial charge < -0.3 is 10.4 Å². The minimum atomic E-state index is 0.256. The minimum absolute atomic E-state index is 0.256. The number of nitrogens with one attached hydrogen (secondary N) is 1. The molecule has 1 atom stereocenters. The van der Waals surface area contributed by atoms with Gasteiger partial charge in [-0.3, -0.25) is 0 Å². The number of thioether (sulfide) groups is 1. The summed E-state index contributed by atoms with van der Waals surface area (Å²) in [4.78, 5) is 1.24. The molecule has 16 heavy (non-hydrogen) atoms. The molecule has 4 heteroatoms. The van der Waals surface area contributed by atoms with E-state index in [1.807, 2.05) is 7.05 Å². The van der Waals surface area contributed by atoms with E-state index < -0.39 is 0 Å². The molecule has 90 valence electrons. The van der Waals surface area contributed by atoms with Gasteiger partial charge in [-0.15, -0.1) is 11.8 Å². The lowest BCUT2D eigenvalue weighted by molar-refractivity contribution is 0.250. The maximum atomic E-state index is 8.95. The first-order valence-corrected chi connectivity index (χ1v) is 7.12. The first-order chi connectivity index (χ1) is 7.67. The molecule has 0 aliphatic heterocycles. The predicted octanol–water partition coefficient (Wildman–Crippen LogP) is 2.89.